The summed E-state index contributed by atoms with van der Waals surface area (Å²) >= 11 is 2.11. The van der Waals surface area contributed by atoms with Gasteiger partial charge in [-0.1, -0.05) is 19.8 Å². The lowest BCUT2D eigenvalue weighted by Gasteiger charge is -2.44. The number of thioether (sulfide) groups is 1. The molecule has 6 heteroatoms. The smallest absolute Gasteiger partial charge is 0.191 e. The maximum Gasteiger partial charge on any atom is 0.191 e. The molecule has 2 heterocycles. The van der Waals surface area contributed by atoms with Gasteiger partial charge in [-0.15, -0.1) is 0 Å². The van der Waals surface area contributed by atoms with E-state index >= 15 is 0 Å². The van der Waals surface area contributed by atoms with E-state index in [4.69, 9.17) is 0 Å². The first kappa shape index (κ1) is 20.3. The standard InChI is InChI=1S/C20H39N5S/c1-3-10-24-11-6-18(7-12-24)23-19(21-2)22-17-20(8-4-5-9-20)25-13-15-26-16-14-25/h18H,3-17H2,1-2H3,(H2,21,22,23). The van der Waals surface area contributed by atoms with Crippen molar-refractivity contribution in [2.75, 3.05) is 57.8 Å². The van der Waals surface area contributed by atoms with Crippen molar-refractivity contribution in [1.82, 2.24) is 20.4 Å². The molecule has 0 unspecified atom stereocenters. The molecule has 2 saturated heterocycles. The number of likely N-dealkylation sites (tertiary alicyclic amines) is 1. The molecular formula is C20H39N5S. The summed E-state index contributed by atoms with van der Waals surface area (Å²) in [4.78, 5) is 9.90. The molecule has 2 aliphatic heterocycles. The molecular weight excluding hydrogens is 342 g/mol. The fourth-order valence-electron chi connectivity index (χ4n) is 4.93. The zero-order valence-electron chi connectivity index (χ0n) is 16.9. The molecule has 150 valence electrons. The van der Waals surface area contributed by atoms with Crippen LogP contribution in [0.5, 0.6) is 0 Å². The molecule has 3 fully saturated rings. The van der Waals surface area contributed by atoms with Crippen molar-refractivity contribution in [3.05, 3.63) is 0 Å². The second-order valence-corrected chi connectivity index (χ2v) is 9.44. The molecule has 26 heavy (non-hydrogen) atoms. The van der Waals surface area contributed by atoms with E-state index in [1.165, 1.54) is 89.2 Å². The third-order valence-electron chi connectivity index (χ3n) is 6.49. The first-order valence-corrected chi connectivity index (χ1v) is 11.9. The molecule has 1 saturated carbocycles. The van der Waals surface area contributed by atoms with Crippen LogP contribution in [0.25, 0.3) is 0 Å². The minimum atomic E-state index is 0.364. The van der Waals surface area contributed by atoms with Crippen molar-refractivity contribution in [2.45, 2.75) is 63.5 Å². The van der Waals surface area contributed by atoms with Crippen LogP contribution in [0, 0.1) is 0 Å². The first-order valence-electron chi connectivity index (χ1n) is 10.8. The van der Waals surface area contributed by atoms with Crippen molar-refractivity contribution in [2.24, 2.45) is 4.99 Å². The molecule has 0 amide bonds. The molecule has 0 atom stereocenters. The van der Waals surface area contributed by atoms with Gasteiger partial charge in [0.05, 0.1) is 0 Å². The Morgan fingerprint density at radius 2 is 1.81 bits per heavy atom. The first-order chi connectivity index (χ1) is 12.8. The Balaban J connectivity index is 1.48. The van der Waals surface area contributed by atoms with Gasteiger partial charge in [-0.3, -0.25) is 9.89 Å². The van der Waals surface area contributed by atoms with E-state index in [9.17, 15) is 0 Å². The lowest BCUT2D eigenvalue weighted by molar-refractivity contribution is 0.107. The number of aliphatic imine (C=N–C) groups is 1. The van der Waals surface area contributed by atoms with Crippen LogP contribution >= 0.6 is 11.8 Å². The highest BCUT2D eigenvalue weighted by molar-refractivity contribution is 7.99. The van der Waals surface area contributed by atoms with Crippen molar-refractivity contribution in [3.63, 3.8) is 0 Å². The Bertz CT molecular complexity index is 435. The summed E-state index contributed by atoms with van der Waals surface area (Å²) < 4.78 is 0. The van der Waals surface area contributed by atoms with Gasteiger partial charge in [0, 0.05) is 62.9 Å². The summed E-state index contributed by atoms with van der Waals surface area (Å²) in [5.41, 5.74) is 0.364. The van der Waals surface area contributed by atoms with Crippen LogP contribution in [0.2, 0.25) is 0 Å². The highest BCUT2D eigenvalue weighted by Crippen LogP contribution is 2.36. The van der Waals surface area contributed by atoms with Gasteiger partial charge in [0.15, 0.2) is 5.96 Å². The number of nitrogens with zero attached hydrogens (tertiary/aromatic N) is 3. The second-order valence-electron chi connectivity index (χ2n) is 8.22. The van der Waals surface area contributed by atoms with E-state index in [0.29, 0.717) is 11.6 Å². The van der Waals surface area contributed by atoms with E-state index in [1.807, 2.05) is 7.05 Å². The van der Waals surface area contributed by atoms with Crippen LogP contribution in [-0.2, 0) is 0 Å². The fourth-order valence-corrected chi connectivity index (χ4v) is 5.83. The summed E-state index contributed by atoms with van der Waals surface area (Å²) in [6.45, 7) is 9.52. The number of rotatable bonds is 6. The molecule has 0 spiro atoms. The Labute approximate surface area is 164 Å². The van der Waals surface area contributed by atoms with E-state index in [2.05, 4.69) is 44.1 Å². The number of nitrogens with one attached hydrogen (secondary N) is 2. The summed E-state index contributed by atoms with van der Waals surface area (Å²) in [6, 6.07) is 0.570. The molecule has 0 aromatic rings. The SMILES string of the molecule is CCCN1CCC(NC(=NC)NCC2(N3CCSCC3)CCCC2)CC1. The van der Waals surface area contributed by atoms with Crippen LogP contribution in [0.4, 0.5) is 0 Å². The molecule has 1 aliphatic carbocycles. The monoisotopic (exact) mass is 381 g/mol. The zero-order chi connectivity index (χ0) is 18.2. The van der Waals surface area contributed by atoms with E-state index in [1.54, 1.807) is 0 Å². The summed E-state index contributed by atoms with van der Waals surface area (Å²) in [6.07, 6.45) is 9.18. The minimum Gasteiger partial charge on any atom is -0.355 e. The van der Waals surface area contributed by atoms with E-state index in [0.717, 1.165) is 12.5 Å². The van der Waals surface area contributed by atoms with Crippen molar-refractivity contribution < 1.29 is 0 Å². The highest BCUT2D eigenvalue weighted by Gasteiger charge is 2.40. The molecule has 0 radical (unpaired) electrons. The van der Waals surface area contributed by atoms with Gasteiger partial charge in [-0.2, -0.15) is 11.8 Å². The van der Waals surface area contributed by atoms with Gasteiger partial charge in [-0.25, -0.2) is 0 Å². The van der Waals surface area contributed by atoms with Gasteiger partial charge < -0.3 is 15.5 Å². The maximum absolute atomic E-state index is 4.53. The van der Waals surface area contributed by atoms with Gasteiger partial charge >= 0.3 is 0 Å². The van der Waals surface area contributed by atoms with Crippen LogP contribution in [-0.4, -0.2) is 85.2 Å². The summed E-state index contributed by atoms with van der Waals surface area (Å²) in [5, 5.41) is 7.41. The van der Waals surface area contributed by atoms with Gasteiger partial charge in [0.25, 0.3) is 0 Å². The largest absolute Gasteiger partial charge is 0.355 e. The molecule has 0 aromatic heterocycles. The highest BCUT2D eigenvalue weighted by atomic mass is 32.2. The molecule has 3 rings (SSSR count). The predicted octanol–water partition coefficient (Wildman–Crippen LogP) is 2.39. The Morgan fingerprint density at radius 1 is 1.12 bits per heavy atom. The van der Waals surface area contributed by atoms with Crippen molar-refractivity contribution in [3.8, 4) is 0 Å². The summed E-state index contributed by atoms with van der Waals surface area (Å²) in [5.74, 6) is 3.60. The Morgan fingerprint density at radius 3 is 2.42 bits per heavy atom. The third-order valence-corrected chi connectivity index (χ3v) is 7.44. The second kappa shape index (κ2) is 10.2. The number of hydrogen-bond acceptors (Lipinski definition) is 4. The normalized spacial score (nSPS) is 26.2. The molecule has 0 bridgehead atoms. The average Bonchev–Trinajstić information content (AvgIpc) is 3.17. The van der Waals surface area contributed by atoms with Crippen LogP contribution in [0.3, 0.4) is 0 Å². The van der Waals surface area contributed by atoms with E-state index in [-0.39, 0.29) is 0 Å². The number of piperidine rings is 1. The fraction of sp³-hybridized carbons (Fsp3) is 0.950. The maximum atomic E-state index is 4.53. The Hall–Kier alpha value is -0.460. The topological polar surface area (TPSA) is 42.9 Å². The quantitative estimate of drug-likeness (QED) is 0.546. The third kappa shape index (κ3) is 5.29. The van der Waals surface area contributed by atoms with Crippen LogP contribution in [0.1, 0.15) is 51.9 Å². The van der Waals surface area contributed by atoms with Gasteiger partial charge in [0.2, 0.25) is 0 Å². The lowest BCUT2D eigenvalue weighted by atomic mass is 9.94. The molecule has 5 nitrogen and oxygen atoms in total. The molecule has 3 aliphatic rings. The van der Waals surface area contributed by atoms with Gasteiger partial charge in [-0.05, 0) is 38.6 Å². The predicted molar refractivity (Wildman–Crippen MR) is 114 cm³/mol. The van der Waals surface area contributed by atoms with Crippen molar-refractivity contribution >= 4 is 17.7 Å². The summed E-state index contributed by atoms with van der Waals surface area (Å²) in [7, 11) is 1.92. The van der Waals surface area contributed by atoms with Crippen LogP contribution < -0.4 is 10.6 Å². The average molecular weight is 382 g/mol. The van der Waals surface area contributed by atoms with Crippen LogP contribution in [0.15, 0.2) is 4.99 Å². The number of guanidine groups is 1. The molecule has 2 N–H and O–H groups in total. The Kier molecular flexibility index (Phi) is 7.94. The zero-order valence-corrected chi connectivity index (χ0v) is 17.8. The van der Waals surface area contributed by atoms with Gasteiger partial charge in [0.1, 0.15) is 0 Å². The lowest BCUT2D eigenvalue weighted by Crippen LogP contribution is -2.58. The molecule has 0 aromatic carbocycles. The van der Waals surface area contributed by atoms with Crippen molar-refractivity contribution in [1.29, 1.82) is 0 Å². The minimum absolute atomic E-state index is 0.364. The number of hydrogen-bond donors (Lipinski definition) is 2. The van der Waals surface area contributed by atoms with E-state index < -0.39 is 0 Å².